The summed E-state index contributed by atoms with van der Waals surface area (Å²) in [5.74, 6) is 0.111. The summed E-state index contributed by atoms with van der Waals surface area (Å²) in [7, 11) is -1.85. The Bertz CT molecular complexity index is 1290. The van der Waals surface area contributed by atoms with Crippen LogP contribution in [0.3, 0.4) is 0 Å². The Kier molecular flexibility index (Phi) is 9.86. The van der Waals surface area contributed by atoms with Crippen molar-refractivity contribution in [2.24, 2.45) is 0 Å². The number of benzene rings is 2. The highest BCUT2D eigenvalue weighted by molar-refractivity contribution is 7.89. The van der Waals surface area contributed by atoms with Crippen molar-refractivity contribution in [1.29, 1.82) is 0 Å². The maximum absolute atomic E-state index is 13.7. The Hall–Kier alpha value is -2.83. The summed E-state index contributed by atoms with van der Waals surface area (Å²) < 4.78 is 66.7. The zero-order valence-electron chi connectivity index (χ0n) is 24.0. The van der Waals surface area contributed by atoms with Crippen molar-refractivity contribution >= 4 is 27.3 Å². The van der Waals surface area contributed by atoms with Crippen LogP contribution in [-0.4, -0.2) is 94.4 Å². The van der Waals surface area contributed by atoms with Crippen LogP contribution in [0.5, 0.6) is 0 Å². The van der Waals surface area contributed by atoms with Gasteiger partial charge >= 0.3 is 6.18 Å². The minimum atomic E-state index is -4.82. The lowest BCUT2D eigenvalue weighted by Gasteiger charge is -2.36. The summed E-state index contributed by atoms with van der Waals surface area (Å²) in [6, 6.07) is 11.7. The van der Waals surface area contributed by atoms with Crippen LogP contribution in [0.15, 0.2) is 47.4 Å². The number of piperazine rings is 1. The molecule has 0 aromatic heterocycles. The third kappa shape index (κ3) is 7.92. The molecule has 1 N–H and O–H groups in total. The molecule has 2 aliphatic heterocycles. The van der Waals surface area contributed by atoms with Crippen LogP contribution in [-0.2, 0) is 21.0 Å². The summed E-state index contributed by atoms with van der Waals surface area (Å²) in [6.45, 7) is 7.91. The van der Waals surface area contributed by atoms with Crippen molar-refractivity contribution < 1.29 is 26.4 Å². The van der Waals surface area contributed by atoms with Gasteiger partial charge in [-0.15, -0.1) is 0 Å². The van der Waals surface area contributed by atoms with Gasteiger partial charge in [-0.05, 0) is 63.1 Å². The molecule has 0 saturated carbocycles. The predicted octanol–water partition coefficient (Wildman–Crippen LogP) is 4.27. The summed E-state index contributed by atoms with van der Waals surface area (Å²) in [5.41, 5.74) is 1.52. The number of nitrogens with zero attached hydrogens (tertiary/aromatic N) is 4. The number of sulfonamides is 1. The van der Waals surface area contributed by atoms with E-state index >= 15 is 0 Å². The van der Waals surface area contributed by atoms with Gasteiger partial charge in [0.1, 0.15) is 0 Å². The smallest absolute Gasteiger partial charge is 0.382 e. The fraction of sp³-hybridized carbons (Fsp3) is 0.552. The number of hydrogen-bond donors (Lipinski definition) is 1. The molecular weight excluding hydrogens is 555 g/mol. The number of hydrogen-bond acceptors (Lipinski definition) is 6. The average molecular weight is 596 g/mol. The number of amides is 1. The number of rotatable bonds is 9. The molecule has 8 nitrogen and oxygen atoms in total. The summed E-state index contributed by atoms with van der Waals surface area (Å²) >= 11 is 0. The van der Waals surface area contributed by atoms with Crippen molar-refractivity contribution in [3.8, 4) is 0 Å². The van der Waals surface area contributed by atoms with Crippen molar-refractivity contribution in [2.45, 2.75) is 49.7 Å². The van der Waals surface area contributed by atoms with Crippen LogP contribution in [0.4, 0.5) is 24.5 Å². The van der Waals surface area contributed by atoms with E-state index in [1.165, 1.54) is 31.4 Å². The molecule has 4 rings (SSSR count). The average Bonchev–Trinajstić information content (AvgIpc) is 2.93. The minimum absolute atomic E-state index is 0.110. The van der Waals surface area contributed by atoms with Gasteiger partial charge in [-0.3, -0.25) is 9.69 Å². The maximum atomic E-state index is 13.7. The normalized spacial score (nSPS) is 17.7. The highest BCUT2D eigenvalue weighted by Crippen LogP contribution is 2.37. The molecule has 41 heavy (non-hydrogen) atoms. The van der Waals surface area contributed by atoms with Crippen LogP contribution >= 0.6 is 0 Å². The maximum Gasteiger partial charge on any atom is 0.417 e. The van der Waals surface area contributed by atoms with E-state index in [4.69, 9.17) is 0 Å². The first-order valence-electron chi connectivity index (χ1n) is 14.1. The topological polar surface area (TPSA) is 76.2 Å². The molecule has 2 saturated heterocycles. The molecule has 2 aromatic rings. The Morgan fingerprint density at radius 2 is 1.61 bits per heavy atom. The molecule has 226 valence electrons. The van der Waals surface area contributed by atoms with Crippen LogP contribution in [0.2, 0.25) is 0 Å². The van der Waals surface area contributed by atoms with Gasteiger partial charge in [-0.1, -0.05) is 17.7 Å². The number of piperidine rings is 1. The van der Waals surface area contributed by atoms with Crippen molar-refractivity contribution in [2.75, 3.05) is 70.1 Å². The van der Waals surface area contributed by atoms with Gasteiger partial charge in [0.05, 0.1) is 10.5 Å². The zero-order chi connectivity index (χ0) is 29.8. The first-order valence-corrected chi connectivity index (χ1v) is 15.5. The number of nitrogens with one attached hydrogen (secondary N) is 1. The van der Waals surface area contributed by atoms with E-state index < -0.39 is 26.7 Å². The van der Waals surface area contributed by atoms with E-state index in [0.717, 1.165) is 55.6 Å². The van der Waals surface area contributed by atoms with Crippen molar-refractivity contribution in [3.05, 3.63) is 53.6 Å². The molecule has 2 aliphatic rings. The molecule has 0 aliphatic carbocycles. The molecule has 0 unspecified atom stereocenters. The zero-order valence-corrected chi connectivity index (χ0v) is 24.8. The summed E-state index contributed by atoms with van der Waals surface area (Å²) in [6.07, 6.45) is -2.34. The largest absolute Gasteiger partial charge is 0.417 e. The van der Waals surface area contributed by atoms with E-state index in [1.807, 2.05) is 4.90 Å². The van der Waals surface area contributed by atoms with Gasteiger partial charge in [0, 0.05) is 77.2 Å². The Balaban J connectivity index is 1.21. The van der Waals surface area contributed by atoms with Gasteiger partial charge < -0.3 is 15.1 Å². The van der Waals surface area contributed by atoms with E-state index in [1.54, 1.807) is 0 Å². The molecule has 0 radical (unpaired) electrons. The summed E-state index contributed by atoms with van der Waals surface area (Å²) in [5, 5.41) is 3.11. The van der Waals surface area contributed by atoms with Gasteiger partial charge in [0.25, 0.3) is 0 Å². The lowest BCUT2D eigenvalue weighted by molar-refractivity contribution is -0.140. The molecule has 0 atom stereocenters. The fourth-order valence-corrected chi connectivity index (χ4v) is 6.46. The Labute approximate surface area is 241 Å². The van der Waals surface area contributed by atoms with Gasteiger partial charge in [-0.25, -0.2) is 12.7 Å². The Morgan fingerprint density at radius 3 is 2.20 bits per heavy atom. The minimum Gasteiger partial charge on any atom is -0.382 e. The number of aryl methyl sites for hydroxylation is 1. The number of anilines is 2. The number of alkyl halides is 3. The SMILES string of the molecule is Cc1ccc(N2CCN(CCCC(=O)N3CCC(Nc4ccc(S(=O)(=O)N(C)C)c(C(F)(F)F)c4)CC3)CC2)cc1. The molecule has 1 amide bonds. The molecular formula is C29H40F3N5O3S. The van der Waals surface area contributed by atoms with E-state index in [0.29, 0.717) is 32.4 Å². The molecule has 0 spiro atoms. The van der Waals surface area contributed by atoms with E-state index in [-0.39, 0.29) is 17.6 Å². The second-order valence-electron chi connectivity index (χ2n) is 11.1. The monoisotopic (exact) mass is 595 g/mol. The van der Waals surface area contributed by atoms with Crippen molar-refractivity contribution in [3.63, 3.8) is 0 Å². The molecule has 2 aromatic carbocycles. The van der Waals surface area contributed by atoms with Gasteiger partial charge in [0.2, 0.25) is 15.9 Å². The predicted molar refractivity (Wildman–Crippen MR) is 155 cm³/mol. The lowest BCUT2D eigenvalue weighted by atomic mass is 10.0. The molecule has 2 heterocycles. The highest BCUT2D eigenvalue weighted by Gasteiger charge is 2.38. The number of likely N-dealkylation sites (tertiary alicyclic amines) is 1. The quantitative estimate of drug-likeness (QED) is 0.467. The second-order valence-corrected chi connectivity index (χ2v) is 13.2. The summed E-state index contributed by atoms with van der Waals surface area (Å²) in [4.78, 5) is 18.7. The first-order chi connectivity index (χ1) is 19.3. The van der Waals surface area contributed by atoms with Crippen LogP contribution in [0.1, 0.15) is 36.8 Å². The third-order valence-electron chi connectivity index (χ3n) is 7.90. The third-order valence-corrected chi connectivity index (χ3v) is 9.77. The van der Waals surface area contributed by atoms with Crippen molar-refractivity contribution in [1.82, 2.24) is 14.1 Å². The first kappa shape index (κ1) is 31.1. The van der Waals surface area contributed by atoms with Crippen LogP contribution in [0, 0.1) is 6.92 Å². The van der Waals surface area contributed by atoms with E-state index in [2.05, 4.69) is 46.3 Å². The number of carbonyl (C=O) groups is 1. The molecule has 12 heteroatoms. The lowest BCUT2D eigenvalue weighted by Crippen LogP contribution is -2.47. The molecule has 2 fully saturated rings. The number of carbonyl (C=O) groups excluding carboxylic acids is 1. The van der Waals surface area contributed by atoms with Gasteiger partial charge in [-0.2, -0.15) is 13.2 Å². The van der Waals surface area contributed by atoms with Crippen LogP contribution in [0.25, 0.3) is 0 Å². The van der Waals surface area contributed by atoms with Crippen LogP contribution < -0.4 is 10.2 Å². The standard InChI is InChI=1S/C29H40F3N5O3S/c1-22-6-9-25(10-7-22)36-19-17-35(18-20-36)14-4-5-28(38)37-15-12-23(13-16-37)33-24-8-11-27(41(39,40)34(2)3)26(21-24)29(30,31)32/h6-11,21,23,33H,4-5,12-20H2,1-3H3. The second kappa shape index (κ2) is 13.0. The highest BCUT2D eigenvalue weighted by atomic mass is 32.2. The van der Waals surface area contributed by atoms with E-state index in [9.17, 15) is 26.4 Å². The van der Waals surface area contributed by atoms with Gasteiger partial charge in [0.15, 0.2) is 0 Å². The fourth-order valence-electron chi connectivity index (χ4n) is 5.37. The number of halogens is 3. The Morgan fingerprint density at radius 1 is 0.976 bits per heavy atom. The molecule has 0 bridgehead atoms.